The van der Waals surface area contributed by atoms with E-state index in [1.807, 2.05) is 0 Å². The Balaban J connectivity index is 2.25. The number of nitrogens with zero attached hydrogens (tertiary/aromatic N) is 1. The summed E-state index contributed by atoms with van der Waals surface area (Å²) in [5.41, 5.74) is 1.07. The Kier molecular flexibility index (Phi) is 4.44. The summed E-state index contributed by atoms with van der Waals surface area (Å²) in [6, 6.07) is 9.93. The molecule has 2 aromatic rings. The van der Waals surface area contributed by atoms with Crippen molar-refractivity contribution >= 4 is 21.6 Å². The molecule has 0 aliphatic rings. The SMILES string of the molecule is O=[N+]([O-])c1ccccc1CC(Br)c1ccc(F)c(F)c1. The van der Waals surface area contributed by atoms with Crippen LogP contribution < -0.4 is 0 Å². The van der Waals surface area contributed by atoms with Crippen molar-refractivity contribution < 1.29 is 13.7 Å². The molecule has 1 unspecified atom stereocenters. The predicted molar refractivity (Wildman–Crippen MR) is 74.8 cm³/mol. The lowest BCUT2D eigenvalue weighted by Crippen LogP contribution is -2.01. The lowest BCUT2D eigenvalue weighted by molar-refractivity contribution is -0.385. The molecule has 0 aromatic heterocycles. The zero-order valence-electron chi connectivity index (χ0n) is 10.2. The second-order valence-electron chi connectivity index (χ2n) is 4.23. The van der Waals surface area contributed by atoms with E-state index in [1.165, 1.54) is 12.1 Å². The van der Waals surface area contributed by atoms with Crippen LogP contribution in [0.15, 0.2) is 42.5 Å². The highest BCUT2D eigenvalue weighted by atomic mass is 79.9. The van der Waals surface area contributed by atoms with Crippen molar-refractivity contribution in [2.24, 2.45) is 0 Å². The summed E-state index contributed by atoms with van der Waals surface area (Å²) >= 11 is 3.35. The van der Waals surface area contributed by atoms with Crippen LogP contribution in [0.2, 0.25) is 0 Å². The largest absolute Gasteiger partial charge is 0.272 e. The van der Waals surface area contributed by atoms with Crippen LogP contribution in [-0.2, 0) is 6.42 Å². The van der Waals surface area contributed by atoms with Gasteiger partial charge in [0.25, 0.3) is 5.69 Å². The van der Waals surface area contributed by atoms with Gasteiger partial charge in [-0.1, -0.05) is 40.2 Å². The zero-order chi connectivity index (χ0) is 14.7. The van der Waals surface area contributed by atoms with E-state index < -0.39 is 16.6 Å². The van der Waals surface area contributed by atoms with Crippen molar-refractivity contribution in [1.82, 2.24) is 0 Å². The molecule has 0 amide bonds. The fourth-order valence-corrected chi connectivity index (χ4v) is 2.51. The number of alkyl halides is 1. The Morgan fingerprint density at radius 1 is 1.15 bits per heavy atom. The minimum Gasteiger partial charge on any atom is -0.258 e. The van der Waals surface area contributed by atoms with Crippen LogP contribution in [0.3, 0.4) is 0 Å². The van der Waals surface area contributed by atoms with E-state index >= 15 is 0 Å². The summed E-state index contributed by atoms with van der Waals surface area (Å²) < 4.78 is 26.1. The van der Waals surface area contributed by atoms with E-state index in [0.29, 0.717) is 17.5 Å². The quantitative estimate of drug-likeness (QED) is 0.465. The third-order valence-corrected chi connectivity index (χ3v) is 3.75. The first-order chi connectivity index (χ1) is 9.49. The van der Waals surface area contributed by atoms with Crippen LogP contribution in [0.25, 0.3) is 0 Å². The van der Waals surface area contributed by atoms with Crippen molar-refractivity contribution in [2.75, 3.05) is 0 Å². The average molecular weight is 342 g/mol. The summed E-state index contributed by atoms with van der Waals surface area (Å²) in [5.74, 6) is -1.85. The topological polar surface area (TPSA) is 43.1 Å². The van der Waals surface area contributed by atoms with Crippen molar-refractivity contribution in [3.63, 3.8) is 0 Å². The van der Waals surface area contributed by atoms with Crippen molar-refractivity contribution in [1.29, 1.82) is 0 Å². The minimum absolute atomic E-state index is 0.0135. The molecule has 1 atom stereocenters. The van der Waals surface area contributed by atoms with Crippen molar-refractivity contribution in [2.45, 2.75) is 11.2 Å². The predicted octanol–water partition coefficient (Wildman–Crippen LogP) is 4.55. The molecule has 104 valence electrons. The highest BCUT2D eigenvalue weighted by Gasteiger charge is 2.17. The Labute approximate surface area is 122 Å². The van der Waals surface area contributed by atoms with Gasteiger partial charge in [-0.2, -0.15) is 0 Å². The molecule has 0 N–H and O–H groups in total. The highest BCUT2D eigenvalue weighted by molar-refractivity contribution is 9.09. The maximum atomic E-state index is 13.2. The molecule has 0 bridgehead atoms. The van der Waals surface area contributed by atoms with Crippen LogP contribution in [-0.4, -0.2) is 4.92 Å². The molecule has 0 radical (unpaired) electrons. The molecule has 20 heavy (non-hydrogen) atoms. The number of hydrogen-bond donors (Lipinski definition) is 0. The first-order valence-electron chi connectivity index (χ1n) is 5.80. The smallest absolute Gasteiger partial charge is 0.258 e. The zero-order valence-corrected chi connectivity index (χ0v) is 11.8. The number of rotatable bonds is 4. The summed E-state index contributed by atoms with van der Waals surface area (Å²) in [4.78, 5) is 10.1. The molecule has 0 saturated heterocycles. The molecular formula is C14H10BrF2NO2. The summed E-state index contributed by atoms with van der Waals surface area (Å²) in [6.45, 7) is 0. The van der Waals surface area contributed by atoms with Crippen molar-refractivity contribution in [3.8, 4) is 0 Å². The number of nitro benzene ring substituents is 1. The summed E-state index contributed by atoms with van der Waals surface area (Å²) in [6.07, 6.45) is 0.308. The molecule has 6 heteroatoms. The molecule has 0 saturated carbocycles. The van der Waals surface area contributed by atoms with Crippen molar-refractivity contribution in [3.05, 3.63) is 75.3 Å². The Morgan fingerprint density at radius 3 is 2.50 bits per heavy atom. The molecular weight excluding hydrogens is 332 g/mol. The van der Waals surface area contributed by atoms with Crippen LogP contribution in [0.4, 0.5) is 14.5 Å². The first-order valence-corrected chi connectivity index (χ1v) is 6.72. The van der Waals surface area contributed by atoms with Gasteiger partial charge in [0, 0.05) is 16.5 Å². The molecule has 3 nitrogen and oxygen atoms in total. The van der Waals surface area contributed by atoms with E-state index in [4.69, 9.17) is 0 Å². The van der Waals surface area contributed by atoms with E-state index in [-0.39, 0.29) is 10.5 Å². The third kappa shape index (κ3) is 3.19. The second kappa shape index (κ2) is 6.09. The third-order valence-electron chi connectivity index (χ3n) is 2.89. The van der Waals surface area contributed by atoms with E-state index in [2.05, 4.69) is 15.9 Å². The summed E-state index contributed by atoms with van der Waals surface area (Å²) in [5, 5.41) is 10.9. The normalized spacial score (nSPS) is 12.2. The standard InChI is InChI=1S/C14H10BrF2NO2/c15-11(9-5-6-12(16)13(17)8-9)7-10-3-1-2-4-14(10)18(19)20/h1-6,8,11H,7H2. The Morgan fingerprint density at radius 2 is 1.85 bits per heavy atom. The van der Waals surface area contributed by atoms with Gasteiger partial charge in [0.1, 0.15) is 0 Å². The molecule has 2 aromatic carbocycles. The molecule has 2 rings (SSSR count). The molecule has 0 aliphatic heterocycles. The monoisotopic (exact) mass is 341 g/mol. The van der Waals surface area contributed by atoms with Gasteiger partial charge in [-0.3, -0.25) is 10.1 Å². The van der Waals surface area contributed by atoms with E-state index in [0.717, 1.165) is 12.1 Å². The van der Waals surface area contributed by atoms with Gasteiger partial charge < -0.3 is 0 Å². The van der Waals surface area contributed by atoms with Gasteiger partial charge >= 0.3 is 0 Å². The van der Waals surface area contributed by atoms with Gasteiger partial charge in [0.2, 0.25) is 0 Å². The van der Waals surface area contributed by atoms with Gasteiger partial charge in [0.15, 0.2) is 11.6 Å². The number of para-hydroxylation sites is 1. The Hall–Kier alpha value is -1.82. The first kappa shape index (κ1) is 14.6. The van der Waals surface area contributed by atoms with E-state index in [9.17, 15) is 18.9 Å². The van der Waals surface area contributed by atoms with Crippen LogP contribution in [0, 0.1) is 21.7 Å². The van der Waals surface area contributed by atoms with Gasteiger partial charge in [-0.05, 0) is 24.1 Å². The van der Waals surface area contributed by atoms with Crippen LogP contribution in [0.5, 0.6) is 0 Å². The van der Waals surface area contributed by atoms with E-state index in [1.54, 1.807) is 18.2 Å². The van der Waals surface area contributed by atoms with Crippen LogP contribution >= 0.6 is 15.9 Å². The van der Waals surface area contributed by atoms with Gasteiger partial charge in [-0.15, -0.1) is 0 Å². The maximum Gasteiger partial charge on any atom is 0.272 e. The highest BCUT2D eigenvalue weighted by Crippen LogP contribution is 2.31. The molecule has 0 spiro atoms. The number of hydrogen-bond acceptors (Lipinski definition) is 2. The molecule has 0 heterocycles. The fraction of sp³-hybridized carbons (Fsp3) is 0.143. The van der Waals surface area contributed by atoms with Crippen LogP contribution in [0.1, 0.15) is 16.0 Å². The van der Waals surface area contributed by atoms with Gasteiger partial charge in [0.05, 0.1) is 4.92 Å². The second-order valence-corrected chi connectivity index (χ2v) is 5.34. The maximum absolute atomic E-state index is 13.2. The number of benzene rings is 2. The molecule has 0 fully saturated rings. The molecule has 0 aliphatic carbocycles. The Bertz CT molecular complexity index is 649. The lowest BCUT2D eigenvalue weighted by Gasteiger charge is -2.11. The lowest BCUT2D eigenvalue weighted by atomic mass is 10.0. The average Bonchev–Trinajstić information content (AvgIpc) is 2.42. The van der Waals surface area contributed by atoms with Gasteiger partial charge in [-0.25, -0.2) is 8.78 Å². The number of nitro groups is 1. The minimum atomic E-state index is -0.936. The fourth-order valence-electron chi connectivity index (χ4n) is 1.88. The number of halogens is 3. The summed E-state index contributed by atoms with van der Waals surface area (Å²) in [7, 11) is 0.